The number of aliphatic carboxylic acids is 2. The molecule has 0 aliphatic carbocycles. The molecule has 20 heteroatoms. The van der Waals surface area contributed by atoms with E-state index in [1.807, 2.05) is 4.90 Å². The van der Waals surface area contributed by atoms with Crippen LogP contribution in [0.5, 0.6) is 0 Å². The van der Waals surface area contributed by atoms with Gasteiger partial charge in [0.2, 0.25) is 5.91 Å². The minimum atomic E-state index is -5.08. The number of anilines is 1. The van der Waals surface area contributed by atoms with Gasteiger partial charge in [-0.2, -0.15) is 13.2 Å². The SMILES string of the molecule is Nc1nc(/C(=N/O)C(=O)N[C@@H]2C(=O)N3C(C(=O)O)=C(/C=C4\CCN(C5CCNCC5)C4=O)CS[C@H]23)cs1.O=C(O)C(F)(F)F. The Bertz CT molecular complexity index is 1450. The summed E-state index contributed by atoms with van der Waals surface area (Å²) in [6.07, 6.45) is -1.19. The van der Waals surface area contributed by atoms with E-state index in [0.29, 0.717) is 24.1 Å². The highest BCUT2D eigenvalue weighted by atomic mass is 32.2. The van der Waals surface area contributed by atoms with Crippen LogP contribution in [0.1, 0.15) is 25.0 Å². The molecule has 7 N–H and O–H groups in total. The van der Waals surface area contributed by atoms with E-state index in [-0.39, 0.29) is 34.2 Å². The van der Waals surface area contributed by atoms with Crippen LogP contribution in [0.4, 0.5) is 18.3 Å². The number of fused-ring (bicyclic) bond motifs is 1. The summed E-state index contributed by atoms with van der Waals surface area (Å²) in [6.45, 7) is 2.31. The number of piperidine rings is 1. The molecule has 0 saturated carbocycles. The third kappa shape index (κ3) is 6.81. The van der Waals surface area contributed by atoms with E-state index in [9.17, 15) is 42.7 Å². The van der Waals surface area contributed by atoms with Gasteiger partial charge in [-0.3, -0.25) is 19.3 Å². The molecular weight excluding hydrogens is 635 g/mol. The van der Waals surface area contributed by atoms with Crippen molar-refractivity contribution in [2.75, 3.05) is 31.1 Å². The topological polar surface area (TPSA) is 228 Å². The molecule has 5 heterocycles. The lowest BCUT2D eigenvalue weighted by Crippen LogP contribution is -2.71. The van der Waals surface area contributed by atoms with Crippen LogP contribution in [0, 0.1) is 0 Å². The van der Waals surface area contributed by atoms with Crippen molar-refractivity contribution in [3.05, 3.63) is 34.0 Å². The minimum Gasteiger partial charge on any atom is -0.477 e. The van der Waals surface area contributed by atoms with Gasteiger partial charge in [0, 0.05) is 29.3 Å². The van der Waals surface area contributed by atoms with Gasteiger partial charge in [0.15, 0.2) is 10.8 Å². The van der Waals surface area contributed by atoms with Crippen LogP contribution in [0.3, 0.4) is 0 Å². The maximum atomic E-state index is 13.1. The van der Waals surface area contributed by atoms with Gasteiger partial charge in [-0.15, -0.1) is 23.1 Å². The number of hydrogen-bond donors (Lipinski definition) is 6. The van der Waals surface area contributed by atoms with Crippen molar-refractivity contribution in [1.29, 1.82) is 0 Å². The third-order valence-corrected chi connectivity index (χ3v) is 9.04. The van der Waals surface area contributed by atoms with E-state index in [1.54, 1.807) is 6.08 Å². The highest BCUT2D eigenvalue weighted by Crippen LogP contribution is 2.41. The molecule has 5 rings (SSSR count). The summed E-state index contributed by atoms with van der Waals surface area (Å²) in [7, 11) is 0. The first-order chi connectivity index (χ1) is 20.7. The molecule has 1 aromatic rings. The van der Waals surface area contributed by atoms with Crippen LogP contribution >= 0.6 is 23.1 Å². The zero-order chi connectivity index (χ0) is 32.3. The first-order valence-corrected chi connectivity index (χ1v) is 14.8. The Morgan fingerprint density at radius 3 is 2.41 bits per heavy atom. The molecule has 0 spiro atoms. The molecule has 238 valence electrons. The van der Waals surface area contributed by atoms with Crippen molar-refractivity contribution in [3.8, 4) is 0 Å². The van der Waals surface area contributed by atoms with Gasteiger partial charge in [0.25, 0.3) is 11.8 Å². The summed E-state index contributed by atoms with van der Waals surface area (Å²) >= 11 is 2.34. The molecule has 0 aromatic carbocycles. The number of hydrogen-bond acceptors (Lipinski definition) is 12. The average molecular weight is 662 g/mol. The molecule has 15 nitrogen and oxygen atoms in total. The summed E-state index contributed by atoms with van der Waals surface area (Å²) in [6, 6.07) is -0.843. The molecule has 4 aliphatic rings. The van der Waals surface area contributed by atoms with Crippen LogP contribution in [0.15, 0.2) is 33.5 Å². The van der Waals surface area contributed by atoms with Crippen molar-refractivity contribution in [2.45, 2.75) is 42.9 Å². The maximum Gasteiger partial charge on any atom is 0.490 e. The first-order valence-electron chi connectivity index (χ1n) is 12.9. The van der Waals surface area contributed by atoms with Gasteiger partial charge in [-0.1, -0.05) is 5.16 Å². The van der Waals surface area contributed by atoms with Gasteiger partial charge in [-0.05, 0) is 44.0 Å². The fraction of sp³-hybridized carbons (Fsp3) is 0.458. The molecule has 1 aromatic heterocycles. The van der Waals surface area contributed by atoms with Crippen molar-refractivity contribution >= 4 is 63.6 Å². The fourth-order valence-electron chi connectivity index (χ4n) is 5.02. The second kappa shape index (κ2) is 13.2. The summed E-state index contributed by atoms with van der Waals surface area (Å²) in [5.74, 6) is -5.33. The number of carbonyl (C=O) groups is 5. The second-order valence-electron chi connectivity index (χ2n) is 9.76. The minimum absolute atomic E-state index is 0.0576. The van der Waals surface area contributed by atoms with Gasteiger partial charge >= 0.3 is 18.1 Å². The number of amides is 3. The summed E-state index contributed by atoms with van der Waals surface area (Å²) < 4.78 is 31.7. The molecular formula is C24H26F3N7O8S2. The number of thiazole rings is 1. The quantitative estimate of drug-likeness (QED) is 0.0789. The smallest absolute Gasteiger partial charge is 0.477 e. The van der Waals surface area contributed by atoms with Gasteiger partial charge in [0.1, 0.15) is 22.8 Å². The number of carboxylic acids is 2. The number of nitrogens with two attached hydrogens (primary N) is 1. The Kier molecular flexibility index (Phi) is 9.84. The van der Waals surface area contributed by atoms with E-state index in [0.717, 1.165) is 42.2 Å². The molecule has 2 atom stereocenters. The molecule has 0 unspecified atom stereocenters. The Hall–Kier alpha value is -4.17. The van der Waals surface area contributed by atoms with Crippen LogP contribution < -0.4 is 16.4 Å². The number of carbonyl (C=O) groups excluding carboxylic acids is 3. The van der Waals surface area contributed by atoms with E-state index in [4.69, 9.17) is 15.6 Å². The lowest BCUT2D eigenvalue weighted by molar-refractivity contribution is -0.192. The molecule has 0 bridgehead atoms. The standard InChI is InChI=1S/C22H25N7O6S2.C2HF3O2/c23-22-25-13(9-37-22)14(27-35)17(30)26-15-19(32)29-16(21(33)34)11(8-36-20(15)29)7-10-3-6-28(18(10)31)12-1-4-24-5-2-12;3-2(4,5)1(6)7/h7,9,12,15,20,24,35H,1-6,8H2,(H2,23,25)(H,26,30)(H,33,34);(H,6,7)/b10-7+,27-14-;/t15-,20-;/m1./s1. The summed E-state index contributed by atoms with van der Waals surface area (Å²) in [5, 5.41) is 36.1. The number of thioether (sulfide) groups is 1. The van der Waals surface area contributed by atoms with E-state index in [1.165, 1.54) is 17.1 Å². The number of likely N-dealkylation sites (tertiary alicyclic amines) is 1. The highest BCUT2D eigenvalue weighted by Gasteiger charge is 2.54. The molecule has 44 heavy (non-hydrogen) atoms. The van der Waals surface area contributed by atoms with Crippen LogP contribution in [-0.2, 0) is 24.0 Å². The zero-order valence-electron chi connectivity index (χ0n) is 22.5. The highest BCUT2D eigenvalue weighted by molar-refractivity contribution is 8.00. The molecule has 4 aliphatic heterocycles. The zero-order valence-corrected chi connectivity index (χ0v) is 24.2. The molecule has 3 amide bonds. The predicted octanol–water partition coefficient (Wildman–Crippen LogP) is 0.186. The number of halogens is 3. The number of aromatic nitrogens is 1. The van der Waals surface area contributed by atoms with E-state index < -0.39 is 47.1 Å². The lowest BCUT2D eigenvalue weighted by Gasteiger charge is -2.49. The fourth-order valence-corrected chi connectivity index (χ4v) is 6.87. The number of alkyl halides is 3. The number of β-lactam (4-membered cyclic amide) rings is 1. The van der Waals surface area contributed by atoms with Gasteiger partial charge in [-0.25, -0.2) is 14.6 Å². The Morgan fingerprint density at radius 1 is 1.20 bits per heavy atom. The number of nitrogens with zero attached hydrogens (tertiary/aromatic N) is 4. The molecule has 0 radical (unpaired) electrons. The summed E-state index contributed by atoms with van der Waals surface area (Å²) in [5.41, 5.74) is 5.96. The van der Waals surface area contributed by atoms with Crippen LogP contribution in [-0.4, -0.2) is 115 Å². The molecule has 3 saturated heterocycles. The second-order valence-corrected chi connectivity index (χ2v) is 11.8. The number of carboxylic acid groups (broad SMARTS) is 2. The number of oxime groups is 1. The first kappa shape index (κ1) is 32.7. The van der Waals surface area contributed by atoms with Crippen molar-refractivity contribution < 1.29 is 52.6 Å². The normalized spacial score (nSPS) is 23.6. The van der Waals surface area contributed by atoms with Crippen molar-refractivity contribution in [2.24, 2.45) is 5.16 Å². The number of allylic oxidation sites excluding steroid dienone is 1. The van der Waals surface area contributed by atoms with Crippen LogP contribution in [0.25, 0.3) is 0 Å². The van der Waals surface area contributed by atoms with Gasteiger partial charge in [0.05, 0.1) is 0 Å². The molecule has 3 fully saturated rings. The maximum absolute atomic E-state index is 13.1. The van der Waals surface area contributed by atoms with Crippen molar-refractivity contribution in [3.63, 3.8) is 0 Å². The predicted molar refractivity (Wildman–Crippen MR) is 149 cm³/mol. The Labute approximate surface area is 254 Å². The van der Waals surface area contributed by atoms with E-state index >= 15 is 0 Å². The Morgan fingerprint density at radius 2 is 1.86 bits per heavy atom. The number of nitrogens with one attached hydrogen (secondary N) is 2. The monoisotopic (exact) mass is 661 g/mol. The lowest BCUT2D eigenvalue weighted by atomic mass is 10.0. The summed E-state index contributed by atoms with van der Waals surface area (Å²) in [4.78, 5) is 66.7. The largest absolute Gasteiger partial charge is 0.490 e. The van der Waals surface area contributed by atoms with E-state index in [2.05, 4.69) is 20.8 Å². The van der Waals surface area contributed by atoms with Crippen molar-refractivity contribution in [1.82, 2.24) is 25.4 Å². The number of rotatable bonds is 6. The van der Waals surface area contributed by atoms with Gasteiger partial charge < -0.3 is 36.7 Å². The number of nitrogen functional groups attached to an aromatic ring is 1. The van der Waals surface area contributed by atoms with Crippen LogP contribution in [0.2, 0.25) is 0 Å². The Balaban J connectivity index is 0.000000566. The third-order valence-electron chi connectivity index (χ3n) is 7.06. The average Bonchev–Trinajstić information content (AvgIpc) is 3.56.